The molecule has 0 saturated heterocycles. The van der Waals surface area contributed by atoms with E-state index in [1.54, 1.807) is 0 Å². The molecule has 0 atom stereocenters. The molecule has 0 aromatic heterocycles. The summed E-state index contributed by atoms with van der Waals surface area (Å²) in [5.74, 6) is -0.322. The van der Waals surface area contributed by atoms with Gasteiger partial charge in [0.05, 0.1) is 12.7 Å². The molecule has 4 heteroatoms. The van der Waals surface area contributed by atoms with Gasteiger partial charge in [-0.3, -0.25) is 0 Å². The molecule has 0 spiro atoms. The Morgan fingerprint density at radius 2 is 2.14 bits per heavy atom. The van der Waals surface area contributed by atoms with Crippen LogP contribution in [-0.2, 0) is 5.54 Å². The van der Waals surface area contributed by atoms with Gasteiger partial charge in [-0.25, -0.2) is 4.39 Å². The summed E-state index contributed by atoms with van der Waals surface area (Å²) < 4.78 is 17.9. The lowest BCUT2D eigenvalue weighted by molar-refractivity contribution is 0.386. The van der Waals surface area contributed by atoms with Crippen LogP contribution < -0.4 is 10.5 Å². The van der Waals surface area contributed by atoms with E-state index >= 15 is 0 Å². The quantitative estimate of drug-likeness (QED) is 0.755. The molecular formula is C10H12FNO2. The first kappa shape index (κ1) is 9.27. The smallest absolute Gasteiger partial charge is 0.130 e. The van der Waals surface area contributed by atoms with Crippen LogP contribution in [0.3, 0.4) is 0 Å². The third-order valence-corrected chi connectivity index (χ3v) is 2.55. The molecule has 3 nitrogen and oxygen atoms in total. The molecule has 0 radical (unpaired) electrons. The molecule has 2 rings (SSSR count). The first-order valence-corrected chi connectivity index (χ1v) is 4.43. The number of nitrogens with two attached hydrogens (primary N) is 1. The van der Waals surface area contributed by atoms with Gasteiger partial charge in [-0.05, 0) is 12.8 Å². The average Bonchev–Trinajstić information content (AvgIpc) is 2.82. The van der Waals surface area contributed by atoms with Crippen molar-refractivity contribution in [2.75, 3.05) is 7.11 Å². The molecule has 0 unspecified atom stereocenters. The molecule has 3 N–H and O–H groups in total. The van der Waals surface area contributed by atoms with Gasteiger partial charge in [0.1, 0.15) is 17.3 Å². The highest BCUT2D eigenvalue weighted by Crippen LogP contribution is 2.50. The summed E-state index contributed by atoms with van der Waals surface area (Å²) in [6, 6.07) is 2.30. The number of phenolic OH excluding ortho intramolecular Hbond substituents is 1. The zero-order chi connectivity index (χ0) is 10.3. The normalized spacial score (nSPS) is 17.9. The summed E-state index contributed by atoms with van der Waals surface area (Å²) in [5.41, 5.74) is 5.92. The second-order valence-corrected chi connectivity index (χ2v) is 3.66. The molecule has 0 bridgehead atoms. The Balaban J connectivity index is 2.56. The Bertz CT molecular complexity index is 375. The minimum atomic E-state index is -0.525. The van der Waals surface area contributed by atoms with Gasteiger partial charge in [-0.1, -0.05) is 0 Å². The molecule has 0 aliphatic heterocycles. The minimum Gasteiger partial charge on any atom is -0.507 e. The molecule has 14 heavy (non-hydrogen) atoms. The Labute approximate surface area is 81.3 Å². The van der Waals surface area contributed by atoms with Gasteiger partial charge in [0, 0.05) is 17.7 Å². The maximum absolute atomic E-state index is 12.9. The van der Waals surface area contributed by atoms with Gasteiger partial charge in [0.2, 0.25) is 0 Å². The predicted octanol–water partition coefficient (Wildman–Crippen LogP) is 1.49. The van der Waals surface area contributed by atoms with E-state index in [9.17, 15) is 9.50 Å². The second kappa shape index (κ2) is 2.85. The van der Waals surface area contributed by atoms with Crippen molar-refractivity contribution in [3.8, 4) is 11.5 Å². The van der Waals surface area contributed by atoms with Crippen LogP contribution >= 0.6 is 0 Å². The van der Waals surface area contributed by atoms with Gasteiger partial charge in [0.25, 0.3) is 0 Å². The van der Waals surface area contributed by atoms with Crippen LogP contribution in [0, 0.1) is 5.82 Å². The Hall–Kier alpha value is -1.29. The van der Waals surface area contributed by atoms with Crippen molar-refractivity contribution in [1.29, 1.82) is 0 Å². The number of methoxy groups -OCH3 is 1. The summed E-state index contributed by atoms with van der Waals surface area (Å²) in [6.45, 7) is 0. The molecule has 1 aromatic carbocycles. The van der Waals surface area contributed by atoms with E-state index in [2.05, 4.69) is 0 Å². The number of aromatic hydroxyl groups is 1. The first-order valence-electron chi connectivity index (χ1n) is 4.43. The van der Waals surface area contributed by atoms with Crippen LogP contribution in [0.15, 0.2) is 12.1 Å². The van der Waals surface area contributed by atoms with Gasteiger partial charge < -0.3 is 15.6 Å². The van der Waals surface area contributed by atoms with Crippen molar-refractivity contribution in [2.24, 2.45) is 5.73 Å². The van der Waals surface area contributed by atoms with Crippen molar-refractivity contribution in [2.45, 2.75) is 18.4 Å². The third-order valence-electron chi connectivity index (χ3n) is 2.55. The Morgan fingerprint density at radius 1 is 1.50 bits per heavy atom. The number of ether oxygens (including phenoxy) is 1. The first-order chi connectivity index (χ1) is 6.57. The number of halogens is 1. The standard InChI is InChI=1S/C10H12FNO2/c1-14-8-5-6(11)4-7(13)9(8)10(12)2-3-10/h4-5,13H,2-3,12H2,1H3. The summed E-state index contributed by atoms with van der Waals surface area (Å²) >= 11 is 0. The predicted molar refractivity (Wildman–Crippen MR) is 49.7 cm³/mol. The summed E-state index contributed by atoms with van der Waals surface area (Å²) in [6.07, 6.45) is 1.59. The summed E-state index contributed by atoms with van der Waals surface area (Å²) in [4.78, 5) is 0. The topological polar surface area (TPSA) is 55.5 Å². The summed E-state index contributed by atoms with van der Waals surface area (Å²) in [5, 5.41) is 9.58. The van der Waals surface area contributed by atoms with Crippen LogP contribution in [0.25, 0.3) is 0 Å². The molecule has 1 aliphatic rings. The molecule has 0 amide bonds. The second-order valence-electron chi connectivity index (χ2n) is 3.66. The highest BCUT2D eigenvalue weighted by Gasteiger charge is 2.44. The van der Waals surface area contributed by atoms with Crippen molar-refractivity contribution >= 4 is 0 Å². The number of phenols is 1. The van der Waals surface area contributed by atoms with E-state index in [-0.39, 0.29) is 5.75 Å². The fourth-order valence-corrected chi connectivity index (χ4v) is 1.61. The largest absolute Gasteiger partial charge is 0.507 e. The monoisotopic (exact) mass is 197 g/mol. The van der Waals surface area contributed by atoms with E-state index < -0.39 is 11.4 Å². The number of hydrogen-bond acceptors (Lipinski definition) is 3. The molecule has 1 aliphatic carbocycles. The van der Waals surface area contributed by atoms with Gasteiger partial charge in [-0.2, -0.15) is 0 Å². The third kappa shape index (κ3) is 1.32. The highest BCUT2D eigenvalue weighted by molar-refractivity contribution is 5.51. The van der Waals surface area contributed by atoms with Crippen LogP contribution in [0.2, 0.25) is 0 Å². The number of hydrogen-bond donors (Lipinski definition) is 2. The van der Waals surface area contributed by atoms with Crippen molar-refractivity contribution in [3.05, 3.63) is 23.5 Å². The van der Waals surface area contributed by atoms with Crippen molar-refractivity contribution in [1.82, 2.24) is 0 Å². The van der Waals surface area contributed by atoms with Crippen molar-refractivity contribution < 1.29 is 14.2 Å². The molecule has 1 saturated carbocycles. The summed E-state index contributed by atoms with van der Waals surface area (Å²) in [7, 11) is 1.43. The van der Waals surface area contributed by atoms with Crippen LogP contribution in [0.5, 0.6) is 11.5 Å². The van der Waals surface area contributed by atoms with Crippen LogP contribution in [0.4, 0.5) is 4.39 Å². The lowest BCUT2D eigenvalue weighted by atomic mass is 10.0. The molecular weight excluding hydrogens is 185 g/mol. The molecule has 1 aromatic rings. The van der Waals surface area contributed by atoms with Crippen molar-refractivity contribution in [3.63, 3.8) is 0 Å². The maximum atomic E-state index is 12.9. The van der Waals surface area contributed by atoms with E-state index in [1.165, 1.54) is 13.2 Å². The lowest BCUT2D eigenvalue weighted by Crippen LogP contribution is -2.20. The molecule has 0 heterocycles. The highest BCUT2D eigenvalue weighted by atomic mass is 19.1. The SMILES string of the molecule is COc1cc(F)cc(O)c1C1(N)CC1. The van der Waals surface area contributed by atoms with Gasteiger partial charge in [-0.15, -0.1) is 0 Å². The van der Waals surface area contributed by atoms with E-state index in [4.69, 9.17) is 10.5 Å². The molecule has 76 valence electrons. The maximum Gasteiger partial charge on any atom is 0.130 e. The van der Waals surface area contributed by atoms with E-state index in [0.717, 1.165) is 18.9 Å². The Kier molecular flexibility index (Phi) is 1.89. The number of rotatable bonds is 2. The zero-order valence-electron chi connectivity index (χ0n) is 7.88. The Morgan fingerprint density at radius 3 is 2.64 bits per heavy atom. The molecule has 1 fully saturated rings. The number of benzene rings is 1. The fourth-order valence-electron chi connectivity index (χ4n) is 1.61. The van der Waals surface area contributed by atoms with E-state index in [1.807, 2.05) is 0 Å². The lowest BCUT2D eigenvalue weighted by Gasteiger charge is -2.15. The average molecular weight is 197 g/mol. The van der Waals surface area contributed by atoms with Crippen LogP contribution in [-0.4, -0.2) is 12.2 Å². The van der Waals surface area contributed by atoms with Gasteiger partial charge >= 0.3 is 0 Å². The zero-order valence-corrected chi connectivity index (χ0v) is 7.88. The fraction of sp³-hybridized carbons (Fsp3) is 0.400. The van der Waals surface area contributed by atoms with Crippen LogP contribution in [0.1, 0.15) is 18.4 Å². The van der Waals surface area contributed by atoms with E-state index in [0.29, 0.717) is 11.3 Å². The minimum absolute atomic E-state index is 0.123. The van der Waals surface area contributed by atoms with Gasteiger partial charge in [0.15, 0.2) is 0 Å².